The second-order valence-electron chi connectivity index (χ2n) is 4.81. The monoisotopic (exact) mass is 274 g/mol. The molecule has 0 atom stereocenters. The predicted octanol–water partition coefficient (Wildman–Crippen LogP) is -0.230. The first-order valence-electron chi connectivity index (χ1n) is 6.58. The van der Waals surface area contributed by atoms with Crippen molar-refractivity contribution in [3.8, 4) is 0 Å². The molecule has 0 radical (unpaired) electrons. The minimum Gasteiger partial charge on any atom is -0.480 e. The molecule has 0 spiro atoms. The number of carboxylic acids is 1. The maximum atomic E-state index is 12.0. The van der Waals surface area contributed by atoms with Gasteiger partial charge in [0.15, 0.2) is 0 Å². The largest absolute Gasteiger partial charge is 0.480 e. The van der Waals surface area contributed by atoms with Crippen molar-refractivity contribution in [2.24, 2.45) is 0 Å². The summed E-state index contributed by atoms with van der Waals surface area (Å²) in [7, 11) is 0. The minimum atomic E-state index is -1.21. The fourth-order valence-corrected chi connectivity index (χ4v) is 2.39. The van der Waals surface area contributed by atoms with Gasteiger partial charge in [-0.1, -0.05) is 19.3 Å². The fourth-order valence-electron chi connectivity index (χ4n) is 2.39. The Bertz CT molecular complexity index is 309. The van der Waals surface area contributed by atoms with Crippen molar-refractivity contribution < 1.29 is 24.9 Å². The van der Waals surface area contributed by atoms with Crippen molar-refractivity contribution in [2.75, 3.05) is 26.3 Å². The number of rotatable bonds is 6. The quantitative estimate of drug-likeness (QED) is 0.535. The summed E-state index contributed by atoms with van der Waals surface area (Å²) >= 11 is 0. The number of amides is 2. The summed E-state index contributed by atoms with van der Waals surface area (Å²) in [4.78, 5) is 24.7. The van der Waals surface area contributed by atoms with E-state index in [0.29, 0.717) is 12.8 Å². The van der Waals surface area contributed by atoms with Crippen molar-refractivity contribution in [2.45, 2.75) is 37.6 Å². The zero-order valence-corrected chi connectivity index (χ0v) is 11.0. The molecular formula is C12H22N2O5. The Morgan fingerprint density at radius 3 is 2.00 bits per heavy atom. The van der Waals surface area contributed by atoms with Gasteiger partial charge in [0.1, 0.15) is 5.54 Å². The van der Waals surface area contributed by atoms with Gasteiger partial charge < -0.3 is 25.5 Å². The van der Waals surface area contributed by atoms with Crippen molar-refractivity contribution in [1.82, 2.24) is 10.2 Å². The van der Waals surface area contributed by atoms with Gasteiger partial charge >= 0.3 is 12.0 Å². The van der Waals surface area contributed by atoms with Crippen LogP contribution in [0.15, 0.2) is 0 Å². The lowest BCUT2D eigenvalue weighted by Crippen LogP contribution is -2.59. The fraction of sp³-hybridized carbons (Fsp3) is 0.833. The Labute approximate surface area is 112 Å². The molecular weight excluding hydrogens is 252 g/mol. The van der Waals surface area contributed by atoms with E-state index in [9.17, 15) is 14.7 Å². The Morgan fingerprint density at radius 2 is 1.58 bits per heavy atom. The summed E-state index contributed by atoms with van der Waals surface area (Å²) in [5, 5.41) is 29.7. The Morgan fingerprint density at radius 1 is 1.05 bits per heavy atom. The summed E-state index contributed by atoms with van der Waals surface area (Å²) in [6.45, 7) is -0.314. The molecule has 7 nitrogen and oxygen atoms in total. The first-order valence-corrected chi connectivity index (χ1v) is 6.58. The number of aliphatic hydroxyl groups is 2. The van der Waals surface area contributed by atoms with Crippen LogP contribution in [0.3, 0.4) is 0 Å². The van der Waals surface area contributed by atoms with Crippen molar-refractivity contribution >= 4 is 12.0 Å². The summed E-state index contributed by atoms with van der Waals surface area (Å²) < 4.78 is 0. The lowest BCUT2D eigenvalue weighted by Gasteiger charge is -2.36. The molecule has 2 amide bonds. The topological polar surface area (TPSA) is 110 Å². The Hall–Kier alpha value is -1.34. The number of hydrogen-bond acceptors (Lipinski definition) is 4. The summed E-state index contributed by atoms with van der Waals surface area (Å²) in [5.41, 5.74) is -1.21. The molecule has 110 valence electrons. The highest BCUT2D eigenvalue weighted by Crippen LogP contribution is 2.28. The molecule has 0 bridgehead atoms. The van der Waals surface area contributed by atoms with Crippen LogP contribution in [0.4, 0.5) is 4.79 Å². The number of aliphatic hydroxyl groups excluding tert-OH is 2. The third-order valence-corrected chi connectivity index (χ3v) is 3.49. The van der Waals surface area contributed by atoms with Gasteiger partial charge in [-0.05, 0) is 12.8 Å². The van der Waals surface area contributed by atoms with E-state index >= 15 is 0 Å². The number of carboxylic acid groups (broad SMARTS) is 1. The first-order chi connectivity index (χ1) is 9.05. The highest BCUT2D eigenvalue weighted by Gasteiger charge is 2.41. The SMILES string of the molecule is O=C(NC1(C(=O)O)CCCCC1)N(CCO)CCO. The number of carbonyl (C=O) groups excluding carboxylic acids is 1. The molecule has 0 aromatic heterocycles. The van der Waals surface area contributed by atoms with E-state index in [2.05, 4.69) is 5.32 Å². The third-order valence-electron chi connectivity index (χ3n) is 3.49. The van der Waals surface area contributed by atoms with Crippen LogP contribution in [0, 0.1) is 0 Å². The zero-order chi connectivity index (χ0) is 14.3. The zero-order valence-electron chi connectivity index (χ0n) is 11.0. The molecule has 1 fully saturated rings. The standard InChI is InChI=1S/C12H22N2O5/c15-8-6-14(7-9-16)11(19)13-12(10(17)18)4-2-1-3-5-12/h15-16H,1-9H2,(H,13,19)(H,17,18). The molecule has 1 saturated carbocycles. The Balaban J connectivity index is 2.71. The number of urea groups is 1. The van der Waals surface area contributed by atoms with Crippen molar-refractivity contribution in [3.05, 3.63) is 0 Å². The smallest absolute Gasteiger partial charge is 0.329 e. The molecule has 0 aromatic rings. The molecule has 1 aliphatic carbocycles. The highest BCUT2D eigenvalue weighted by atomic mass is 16.4. The van der Waals surface area contributed by atoms with Gasteiger partial charge in [-0.25, -0.2) is 9.59 Å². The molecule has 1 rings (SSSR count). The van der Waals surface area contributed by atoms with Crippen molar-refractivity contribution in [1.29, 1.82) is 0 Å². The first kappa shape index (κ1) is 15.7. The van der Waals surface area contributed by atoms with Gasteiger partial charge in [0.25, 0.3) is 0 Å². The van der Waals surface area contributed by atoms with Gasteiger partial charge in [0, 0.05) is 13.1 Å². The molecule has 1 aliphatic rings. The Kier molecular flexibility index (Phi) is 6.04. The van der Waals surface area contributed by atoms with Crippen molar-refractivity contribution in [3.63, 3.8) is 0 Å². The van der Waals surface area contributed by atoms with E-state index in [-0.39, 0.29) is 26.3 Å². The van der Waals surface area contributed by atoms with E-state index in [1.54, 1.807) is 0 Å². The van der Waals surface area contributed by atoms with Gasteiger partial charge in [-0.3, -0.25) is 0 Å². The average molecular weight is 274 g/mol. The summed E-state index contributed by atoms with van der Waals surface area (Å²) in [6.07, 6.45) is 3.35. The van der Waals surface area contributed by atoms with Crippen LogP contribution >= 0.6 is 0 Å². The molecule has 19 heavy (non-hydrogen) atoms. The van der Waals surface area contributed by atoms with Crippen LogP contribution < -0.4 is 5.32 Å². The van der Waals surface area contributed by atoms with Crippen LogP contribution in [0.2, 0.25) is 0 Å². The average Bonchev–Trinajstić information content (AvgIpc) is 2.39. The van der Waals surface area contributed by atoms with E-state index in [1.807, 2.05) is 0 Å². The maximum Gasteiger partial charge on any atom is 0.329 e. The summed E-state index contributed by atoms with van der Waals surface area (Å²) in [6, 6.07) is -0.549. The minimum absolute atomic E-state index is 0.0715. The predicted molar refractivity (Wildman–Crippen MR) is 67.7 cm³/mol. The number of nitrogens with one attached hydrogen (secondary N) is 1. The van der Waals surface area contributed by atoms with Gasteiger partial charge in [-0.15, -0.1) is 0 Å². The number of hydrogen-bond donors (Lipinski definition) is 4. The van der Waals surface area contributed by atoms with Crippen LogP contribution in [0.1, 0.15) is 32.1 Å². The van der Waals surface area contributed by atoms with E-state index in [1.165, 1.54) is 4.90 Å². The van der Waals surface area contributed by atoms with Gasteiger partial charge in [0.2, 0.25) is 0 Å². The van der Waals surface area contributed by atoms with E-state index in [0.717, 1.165) is 19.3 Å². The van der Waals surface area contributed by atoms with Crippen LogP contribution in [-0.2, 0) is 4.79 Å². The molecule has 0 saturated heterocycles. The van der Waals surface area contributed by atoms with Gasteiger partial charge in [0.05, 0.1) is 13.2 Å². The van der Waals surface area contributed by atoms with Crippen LogP contribution in [0.5, 0.6) is 0 Å². The molecule has 7 heteroatoms. The molecule has 4 N–H and O–H groups in total. The number of carbonyl (C=O) groups is 2. The summed E-state index contributed by atoms with van der Waals surface area (Å²) in [5.74, 6) is -1.02. The normalized spacial score (nSPS) is 17.8. The lowest BCUT2D eigenvalue weighted by molar-refractivity contribution is -0.146. The molecule has 0 heterocycles. The van der Waals surface area contributed by atoms with E-state index in [4.69, 9.17) is 10.2 Å². The lowest BCUT2D eigenvalue weighted by atomic mass is 9.82. The van der Waals surface area contributed by atoms with Gasteiger partial charge in [-0.2, -0.15) is 0 Å². The second kappa shape index (κ2) is 7.30. The molecule has 0 aliphatic heterocycles. The number of nitrogens with zero attached hydrogens (tertiary/aromatic N) is 1. The number of aliphatic carboxylic acids is 1. The van der Waals surface area contributed by atoms with Crippen LogP contribution in [-0.4, -0.2) is 64.1 Å². The maximum absolute atomic E-state index is 12.0. The third kappa shape index (κ3) is 4.07. The highest BCUT2D eigenvalue weighted by molar-refractivity contribution is 5.86. The molecule has 0 unspecified atom stereocenters. The second-order valence-corrected chi connectivity index (χ2v) is 4.81. The molecule has 0 aromatic carbocycles. The van der Waals surface area contributed by atoms with Crippen LogP contribution in [0.25, 0.3) is 0 Å². The van der Waals surface area contributed by atoms with E-state index < -0.39 is 17.5 Å².